The number of methoxy groups -OCH3 is 1. The maximum absolute atomic E-state index is 6.32. The van der Waals surface area contributed by atoms with Gasteiger partial charge >= 0.3 is 0 Å². The van der Waals surface area contributed by atoms with Gasteiger partial charge in [0.05, 0.1) is 23.7 Å². The molecule has 2 aromatic heterocycles. The van der Waals surface area contributed by atoms with Crippen molar-refractivity contribution in [2.45, 2.75) is 32.2 Å². The van der Waals surface area contributed by atoms with E-state index in [0.29, 0.717) is 11.4 Å². The highest BCUT2D eigenvalue weighted by Gasteiger charge is 2.28. The Hall–Kier alpha value is -1.53. The third-order valence-corrected chi connectivity index (χ3v) is 3.63. The molecule has 0 aliphatic rings. The summed E-state index contributed by atoms with van der Waals surface area (Å²) in [6.07, 6.45) is 1.71. The second kappa shape index (κ2) is 5.22. The molecule has 0 saturated heterocycles. The van der Waals surface area contributed by atoms with Gasteiger partial charge in [-0.3, -0.25) is 4.98 Å². The lowest BCUT2D eigenvalue weighted by molar-refractivity contribution is 0.404. The van der Waals surface area contributed by atoms with Gasteiger partial charge in [-0.15, -0.1) is 5.10 Å². The summed E-state index contributed by atoms with van der Waals surface area (Å²) in [6, 6.07) is 3.31. The van der Waals surface area contributed by atoms with E-state index in [-0.39, 0.29) is 11.5 Å². The molecule has 5 nitrogen and oxygen atoms in total. The molecule has 0 aliphatic heterocycles. The van der Waals surface area contributed by atoms with Gasteiger partial charge in [0.15, 0.2) is 0 Å². The summed E-state index contributed by atoms with van der Waals surface area (Å²) in [6.45, 7) is 6.28. The van der Waals surface area contributed by atoms with E-state index in [9.17, 15) is 0 Å². The number of nitrogens with zero attached hydrogens (tertiary/aromatic N) is 3. The van der Waals surface area contributed by atoms with E-state index in [0.717, 1.165) is 10.6 Å². The second-order valence-corrected chi connectivity index (χ2v) is 6.09. The Bertz CT molecular complexity index is 562. The van der Waals surface area contributed by atoms with Crippen LogP contribution in [0.5, 0.6) is 5.75 Å². The molecule has 0 aliphatic carbocycles. The molecule has 0 spiro atoms. The van der Waals surface area contributed by atoms with Crippen molar-refractivity contribution in [3.63, 3.8) is 0 Å². The minimum Gasteiger partial charge on any atom is -0.495 e. The van der Waals surface area contributed by atoms with Crippen LogP contribution >= 0.6 is 11.5 Å². The fourth-order valence-electron chi connectivity index (χ4n) is 1.85. The molecule has 0 fully saturated rings. The van der Waals surface area contributed by atoms with Crippen molar-refractivity contribution >= 4 is 11.5 Å². The van der Waals surface area contributed by atoms with Gasteiger partial charge in [-0.05, 0) is 23.7 Å². The van der Waals surface area contributed by atoms with Crippen LogP contribution in [0.3, 0.4) is 0 Å². The van der Waals surface area contributed by atoms with Crippen LogP contribution in [-0.4, -0.2) is 21.7 Å². The van der Waals surface area contributed by atoms with E-state index in [1.807, 2.05) is 12.1 Å². The minimum atomic E-state index is -0.370. The fraction of sp³-hybridized carbons (Fsp3) is 0.462. The zero-order chi connectivity index (χ0) is 14.0. The van der Waals surface area contributed by atoms with Crippen LogP contribution in [0.25, 0.3) is 0 Å². The van der Waals surface area contributed by atoms with Crippen LogP contribution in [0.4, 0.5) is 0 Å². The minimum absolute atomic E-state index is 0.0953. The molecular formula is C13H18N4OS. The third kappa shape index (κ3) is 2.74. The molecule has 19 heavy (non-hydrogen) atoms. The number of pyridine rings is 1. The lowest BCUT2D eigenvalue weighted by Crippen LogP contribution is -2.20. The Labute approximate surface area is 117 Å². The van der Waals surface area contributed by atoms with E-state index in [2.05, 4.69) is 35.3 Å². The molecule has 0 aromatic carbocycles. The Balaban J connectivity index is 2.45. The van der Waals surface area contributed by atoms with Crippen molar-refractivity contribution in [3.05, 3.63) is 34.6 Å². The number of hydrogen-bond donors (Lipinski definition) is 1. The van der Waals surface area contributed by atoms with Gasteiger partial charge in [0, 0.05) is 11.6 Å². The summed E-state index contributed by atoms with van der Waals surface area (Å²) in [5.41, 5.74) is 7.85. The Kier molecular flexibility index (Phi) is 3.82. The monoisotopic (exact) mass is 278 g/mol. The quantitative estimate of drug-likeness (QED) is 0.932. The molecule has 1 unspecified atom stereocenters. The predicted molar refractivity (Wildman–Crippen MR) is 75.4 cm³/mol. The fourth-order valence-corrected chi connectivity index (χ4v) is 2.72. The molecule has 102 valence electrons. The van der Waals surface area contributed by atoms with E-state index < -0.39 is 0 Å². The number of hydrogen-bond acceptors (Lipinski definition) is 6. The molecule has 0 radical (unpaired) electrons. The smallest absolute Gasteiger partial charge is 0.142 e. The molecule has 2 aromatic rings. The van der Waals surface area contributed by atoms with Crippen molar-refractivity contribution in [2.24, 2.45) is 5.73 Å². The zero-order valence-electron chi connectivity index (χ0n) is 11.5. The largest absolute Gasteiger partial charge is 0.495 e. The average molecular weight is 278 g/mol. The molecule has 6 heteroatoms. The topological polar surface area (TPSA) is 73.9 Å². The maximum atomic E-state index is 6.32. The van der Waals surface area contributed by atoms with Gasteiger partial charge in [0.25, 0.3) is 0 Å². The number of aromatic nitrogens is 3. The highest BCUT2D eigenvalue weighted by Crippen LogP contribution is 2.34. The zero-order valence-corrected chi connectivity index (χ0v) is 12.4. The summed E-state index contributed by atoms with van der Waals surface area (Å²) >= 11 is 1.32. The first-order valence-electron chi connectivity index (χ1n) is 6.02. The summed E-state index contributed by atoms with van der Waals surface area (Å²) in [5, 5.41) is 4.21. The van der Waals surface area contributed by atoms with Crippen LogP contribution < -0.4 is 10.5 Å². The molecular weight excluding hydrogens is 260 g/mol. The highest BCUT2D eigenvalue weighted by atomic mass is 32.1. The molecule has 0 bridgehead atoms. The van der Waals surface area contributed by atoms with Gasteiger partial charge in [0.2, 0.25) is 0 Å². The normalized spacial score (nSPS) is 13.3. The summed E-state index contributed by atoms with van der Waals surface area (Å²) in [7, 11) is 1.61. The molecule has 0 amide bonds. The van der Waals surface area contributed by atoms with Crippen molar-refractivity contribution in [1.82, 2.24) is 14.6 Å². The number of ether oxygens (including phenoxy) is 1. The SMILES string of the molecule is COc1cccnc1C(N)c1snnc1C(C)(C)C. The standard InChI is InChI=1S/C13H18N4OS/c1-13(2,3)12-11(19-17-16-12)9(14)10-8(18-4)6-5-7-15-10/h5-7,9H,14H2,1-4H3. The Morgan fingerprint density at radius 3 is 2.74 bits per heavy atom. The Morgan fingerprint density at radius 2 is 2.11 bits per heavy atom. The van der Waals surface area contributed by atoms with Gasteiger partial charge in [-0.1, -0.05) is 25.3 Å². The lowest BCUT2D eigenvalue weighted by Gasteiger charge is -2.20. The first-order valence-corrected chi connectivity index (χ1v) is 6.79. The van der Waals surface area contributed by atoms with E-state index in [4.69, 9.17) is 10.5 Å². The van der Waals surface area contributed by atoms with Crippen molar-refractivity contribution in [2.75, 3.05) is 7.11 Å². The van der Waals surface area contributed by atoms with Gasteiger partial charge in [-0.25, -0.2) is 0 Å². The highest BCUT2D eigenvalue weighted by molar-refractivity contribution is 7.05. The molecule has 2 rings (SSSR count). The van der Waals surface area contributed by atoms with Gasteiger partial charge in [-0.2, -0.15) is 0 Å². The molecule has 2 heterocycles. The van der Waals surface area contributed by atoms with Gasteiger partial charge < -0.3 is 10.5 Å². The summed E-state index contributed by atoms with van der Waals surface area (Å²) in [5.74, 6) is 0.684. The lowest BCUT2D eigenvalue weighted by atomic mass is 9.89. The number of nitrogens with two attached hydrogens (primary N) is 1. The second-order valence-electron chi connectivity index (χ2n) is 5.30. The first kappa shape index (κ1) is 13.9. The first-order chi connectivity index (χ1) is 8.95. The predicted octanol–water partition coefficient (Wildman–Crippen LogP) is 2.29. The summed E-state index contributed by atoms with van der Waals surface area (Å²) in [4.78, 5) is 5.26. The van der Waals surface area contributed by atoms with Crippen LogP contribution in [0, 0.1) is 0 Å². The molecule has 2 N–H and O–H groups in total. The number of rotatable bonds is 3. The maximum Gasteiger partial charge on any atom is 0.142 e. The van der Waals surface area contributed by atoms with Crippen molar-refractivity contribution in [1.29, 1.82) is 0 Å². The van der Waals surface area contributed by atoms with Gasteiger partial charge in [0.1, 0.15) is 11.4 Å². The van der Waals surface area contributed by atoms with Crippen molar-refractivity contribution in [3.8, 4) is 5.75 Å². The summed E-state index contributed by atoms with van der Waals surface area (Å²) < 4.78 is 9.35. The van der Waals surface area contributed by atoms with E-state index >= 15 is 0 Å². The average Bonchev–Trinajstić information content (AvgIpc) is 2.87. The molecule has 1 atom stereocenters. The van der Waals surface area contributed by atoms with E-state index in [1.165, 1.54) is 11.5 Å². The van der Waals surface area contributed by atoms with E-state index in [1.54, 1.807) is 13.3 Å². The van der Waals surface area contributed by atoms with Crippen LogP contribution in [0.2, 0.25) is 0 Å². The Morgan fingerprint density at radius 1 is 1.37 bits per heavy atom. The molecule has 0 saturated carbocycles. The van der Waals surface area contributed by atoms with Crippen molar-refractivity contribution < 1.29 is 4.74 Å². The van der Waals surface area contributed by atoms with Crippen LogP contribution in [-0.2, 0) is 5.41 Å². The third-order valence-electron chi connectivity index (χ3n) is 2.82. The van der Waals surface area contributed by atoms with Crippen LogP contribution in [0.1, 0.15) is 43.1 Å². The van der Waals surface area contributed by atoms with Crippen LogP contribution in [0.15, 0.2) is 18.3 Å².